The summed E-state index contributed by atoms with van der Waals surface area (Å²) in [6.07, 6.45) is 2.98. The summed E-state index contributed by atoms with van der Waals surface area (Å²) in [6.45, 7) is 0. The standard InChI is InChI=1S/C10H10Cl2N6/c1-17-10(18(13)6-15-17)16-14-5-7-8(11)3-2-4-9(7)12/h2-6H,13H2,1H3/p+1. The minimum absolute atomic E-state index is 0.523. The van der Waals surface area contributed by atoms with Gasteiger partial charge in [0.15, 0.2) is 0 Å². The van der Waals surface area contributed by atoms with Gasteiger partial charge in [-0.2, -0.15) is 5.43 Å². The molecule has 0 amide bonds. The summed E-state index contributed by atoms with van der Waals surface area (Å²) in [7, 11) is 1.74. The fourth-order valence-electron chi connectivity index (χ4n) is 1.33. The maximum Gasteiger partial charge on any atom is 0.388 e. The summed E-state index contributed by atoms with van der Waals surface area (Å²) in [5, 5.41) is 9.02. The highest BCUT2D eigenvalue weighted by Gasteiger charge is 2.11. The van der Waals surface area contributed by atoms with Crippen molar-refractivity contribution >= 4 is 35.4 Å². The highest BCUT2D eigenvalue weighted by Crippen LogP contribution is 2.22. The number of rotatable bonds is 3. The predicted octanol–water partition coefficient (Wildman–Crippen LogP) is 1.17. The Hall–Kier alpha value is -1.79. The van der Waals surface area contributed by atoms with E-state index in [9.17, 15) is 0 Å². The van der Waals surface area contributed by atoms with E-state index >= 15 is 0 Å². The van der Waals surface area contributed by atoms with Crippen molar-refractivity contribution in [2.45, 2.75) is 0 Å². The van der Waals surface area contributed by atoms with Gasteiger partial charge in [-0.3, -0.25) is 5.84 Å². The van der Waals surface area contributed by atoms with Gasteiger partial charge in [-0.1, -0.05) is 29.3 Å². The highest BCUT2D eigenvalue weighted by atomic mass is 35.5. The van der Waals surface area contributed by atoms with Crippen LogP contribution in [0.3, 0.4) is 0 Å². The number of hydrogen-bond donors (Lipinski definition) is 2. The fraction of sp³-hybridized carbons (Fsp3) is 0.100. The zero-order chi connectivity index (χ0) is 13.1. The first kappa shape index (κ1) is 12.7. The molecule has 6 nitrogen and oxygen atoms in total. The number of hydrazone groups is 1. The molecule has 3 N–H and O–H groups in total. The van der Waals surface area contributed by atoms with Crippen molar-refractivity contribution < 1.29 is 4.68 Å². The van der Waals surface area contributed by atoms with Gasteiger partial charge in [-0.15, -0.1) is 14.5 Å². The zero-order valence-electron chi connectivity index (χ0n) is 9.51. The molecule has 1 heterocycles. The van der Waals surface area contributed by atoms with Gasteiger partial charge in [0.05, 0.1) is 23.3 Å². The average molecular weight is 286 g/mol. The minimum atomic E-state index is 0.523. The molecular formula is C10H11Cl2N6+. The minimum Gasteiger partial charge on any atom is -0.299 e. The number of hydrogen-bond acceptors (Lipinski definition) is 4. The molecule has 0 unspecified atom stereocenters. The molecule has 0 atom stereocenters. The number of nitrogen functional groups attached to an aromatic ring is 1. The number of nitrogens with zero attached hydrogens (tertiary/aromatic N) is 4. The van der Waals surface area contributed by atoms with E-state index in [-0.39, 0.29) is 0 Å². The van der Waals surface area contributed by atoms with Gasteiger partial charge in [0.2, 0.25) is 0 Å². The van der Waals surface area contributed by atoms with Crippen molar-refractivity contribution in [1.29, 1.82) is 0 Å². The third-order valence-electron chi connectivity index (χ3n) is 2.26. The van der Waals surface area contributed by atoms with E-state index in [2.05, 4.69) is 15.6 Å². The SMILES string of the molecule is Cn1nc[n+](N)c1NN=Cc1c(Cl)cccc1Cl. The van der Waals surface area contributed by atoms with Crippen LogP contribution in [-0.4, -0.2) is 16.0 Å². The van der Waals surface area contributed by atoms with Crippen molar-refractivity contribution in [3.05, 3.63) is 40.1 Å². The summed E-state index contributed by atoms with van der Waals surface area (Å²) >= 11 is 12.0. The van der Waals surface area contributed by atoms with E-state index < -0.39 is 0 Å². The van der Waals surface area contributed by atoms with Gasteiger partial charge < -0.3 is 0 Å². The summed E-state index contributed by atoms with van der Waals surface area (Å²) in [6, 6.07) is 5.24. The highest BCUT2D eigenvalue weighted by molar-refractivity contribution is 6.38. The Morgan fingerprint density at radius 1 is 1.44 bits per heavy atom. The van der Waals surface area contributed by atoms with E-state index in [1.165, 1.54) is 17.2 Å². The van der Waals surface area contributed by atoms with Crippen molar-refractivity contribution in [2.75, 3.05) is 11.3 Å². The van der Waals surface area contributed by atoms with Crippen LogP contribution in [0.2, 0.25) is 10.0 Å². The fourth-order valence-corrected chi connectivity index (χ4v) is 1.82. The lowest BCUT2D eigenvalue weighted by atomic mass is 10.2. The van der Waals surface area contributed by atoms with Gasteiger partial charge in [0.25, 0.3) is 6.33 Å². The Morgan fingerprint density at radius 2 is 2.11 bits per heavy atom. The lowest BCUT2D eigenvalue weighted by molar-refractivity contribution is -0.624. The Labute approximate surface area is 114 Å². The van der Waals surface area contributed by atoms with Crippen LogP contribution in [0.4, 0.5) is 5.95 Å². The summed E-state index contributed by atoms with van der Waals surface area (Å²) in [5.41, 5.74) is 3.39. The number of halogens is 2. The second-order valence-electron chi connectivity index (χ2n) is 3.49. The zero-order valence-corrected chi connectivity index (χ0v) is 11.0. The number of nitrogens with one attached hydrogen (secondary N) is 1. The third-order valence-corrected chi connectivity index (χ3v) is 2.92. The Bertz CT molecular complexity index is 552. The predicted molar refractivity (Wildman–Crippen MR) is 71.2 cm³/mol. The van der Waals surface area contributed by atoms with Crippen molar-refractivity contribution in [1.82, 2.24) is 9.78 Å². The van der Waals surface area contributed by atoms with Crippen LogP contribution in [-0.2, 0) is 7.05 Å². The van der Waals surface area contributed by atoms with Crippen LogP contribution in [0.25, 0.3) is 0 Å². The van der Waals surface area contributed by atoms with Crippen LogP contribution in [0.5, 0.6) is 0 Å². The molecule has 18 heavy (non-hydrogen) atoms. The number of benzene rings is 1. The van der Waals surface area contributed by atoms with Gasteiger partial charge in [-0.25, -0.2) is 0 Å². The molecule has 0 radical (unpaired) electrons. The van der Waals surface area contributed by atoms with E-state index in [1.54, 1.807) is 29.9 Å². The van der Waals surface area contributed by atoms with Crippen LogP contribution in [0, 0.1) is 0 Å². The summed E-state index contributed by atoms with van der Waals surface area (Å²) in [5.74, 6) is 6.15. The molecule has 0 bridgehead atoms. The first-order valence-electron chi connectivity index (χ1n) is 5.01. The van der Waals surface area contributed by atoms with E-state index in [0.29, 0.717) is 21.6 Å². The van der Waals surface area contributed by atoms with Gasteiger partial charge in [-0.05, 0) is 17.2 Å². The van der Waals surface area contributed by atoms with Gasteiger partial charge in [0, 0.05) is 5.56 Å². The maximum atomic E-state index is 6.00. The van der Waals surface area contributed by atoms with E-state index in [4.69, 9.17) is 29.0 Å². The lowest BCUT2D eigenvalue weighted by Gasteiger charge is -1.99. The average Bonchev–Trinajstić information content (AvgIpc) is 2.64. The topological polar surface area (TPSA) is 72.1 Å². The molecule has 0 spiro atoms. The Morgan fingerprint density at radius 3 is 2.67 bits per heavy atom. The van der Waals surface area contributed by atoms with Gasteiger partial charge in [0.1, 0.15) is 0 Å². The number of aryl methyl sites for hydroxylation is 1. The molecule has 2 aromatic rings. The molecule has 2 rings (SSSR count). The molecular weight excluding hydrogens is 275 g/mol. The summed E-state index contributed by atoms with van der Waals surface area (Å²) in [4.78, 5) is 0. The first-order valence-corrected chi connectivity index (χ1v) is 5.77. The lowest BCUT2D eigenvalue weighted by Crippen LogP contribution is -2.45. The molecule has 0 aliphatic heterocycles. The van der Waals surface area contributed by atoms with Gasteiger partial charge >= 0.3 is 5.95 Å². The van der Waals surface area contributed by atoms with Crippen molar-refractivity contribution in [3.63, 3.8) is 0 Å². The maximum absolute atomic E-state index is 6.00. The van der Waals surface area contributed by atoms with Crippen molar-refractivity contribution in [2.24, 2.45) is 12.1 Å². The Kier molecular flexibility index (Phi) is 3.69. The monoisotopic (exact) mass is 285 g/mol. The largest absolute Gasteiger partial charge is 0.388 e. The molecule has 0 fully saturated rings. The number of nitrogens with two attached hydrogens (primary N) is 1. The first-order chi connectivity index (χ1) is 8.59. The van der Waals surface area contributed by atoms with Crippen molar-refractivity contribution in [3.8, 4) is 0 Å². The molecule has 0 saturated heterocycles. The Balaban J connectivity index is 2.18. The van der Waals surface area contributed by atoms with E-state index in [0.717, 1.165) is 0 Å². The number of aromatic nitrogens is 3. The number of anilines is 1. The van der Waals surface area contributed by atoms with E-state index in [1.807, 2.05) is 0 Å². The third kappa shape index (κ3) is 2.55. The molecule has 1 aromatic carbocycles. The molecule has 0 aliphatic carbocycles. The molecule has 0 saturated carbocycles. The van der Waals surface area contributed by atoms with Crippen LogP contribution < -0.4 is 15.9 Å². The van der Waals surface area contributed by atoms with Crippen LogP contribution >= 0.6 is 23.2 Å². The van der Waals surface area contributed by atoms with Crippen LogP contribution in [0.1, 0.15) is 5.56 Å². The summed E-state index contributed by atoms with van der Waals surface area (Å²) < 4.78 is 2.86. The normalized spacial score (nSPS) is 11.1. The molecule has 94 valence electrons. The second-order valence-corrected chi connectivity index (χ2v) is 4.31. The molecule has 1 aromatic heterocycles. The quantitative estimate of drug-likeness (QED) is 0.385. The molecule has 0 aliphatic rings. The second kappa shape index (κ2) is 5.24. The smallest absolute Gasteiger partial charge is 0.299 e. The van der Waals surface area contributed by atoms with Crippen LogP contribution in [0.15, 0.2) is 29.6 Å². The molecule has 8 heteroatoms.